The monoisotopic (exact) mass is 363 g/mol. The zero-order valence-corrected chi connectivity index (χ0v) is 15.0. The molecule has 1 aromatic heterocycles. The smallest absolute Gasteiger partial charge is 0.348 e. The Bertz CT molecular complexity index is 786. The lowest BCUT2D eigenvalue weighted by molar-refractivity contribution is -0.117. The summed E-state index contributed by atoms with van der Waals surface area (Å²) >= 11 is 7.45. The van der Waals surface area contributed by atoms with Gasteiger partial charge in [-0.05, 0) is 49.4 Å². The van der Waals surface area contributed by atoms with E-state index in [1.165, 1.54) is 11.3 Å². The number of amides is 1. The third-order valence-electron chi connectivity index (χ3n) is 4.06. The van der Waals surface area contributed by atoms with Gasteiger partial charge in [0, 0.05) is 10.9 Å². The van der Waals surface area contributed by atoms with Crippen LogP contribution in [-0.2, 0) is 9.53 Å². The van der Waals surface area contributed by atoms with E-state index in [1.54, 1.807) is 6.92 Å². The largest absolute Gasteiger partial charge is 0.462 e. The number of rotatable bonds is 5. The van der Waals surface area contributed by atoms with Gasteiger partial charge in [0.05, 0.1) is 11.6 Å². The molecule has 1 saturated carbocycles. The van der Waals surface area contributed by atoms with Crippen molar-refractivity contribution < 1.29 is 14.3 Å². The molecule has 24 heavy (non-hydrogen) atoms. The predicted molar refractivity (Wildman–Crippen MR) is 95.9 cm³/mol. The number of benzene rings is 1. The fraction of sp³-hybridized carbons (Fsp3) is 0.333. The van der Waals surface area contributed by atoms with E-state index in [4.69, 9.17) is 16.3 Å². The maximum atomic E-state index is 12.4. The molecular weight excluding hydrogens is 346 g/mol. The van der Waals surface area contributed by atoms with Crippen LogP contribution in [0.1, 0.15) is 40.1 Å². The molecule has 1 fully saturated rings. The Morgan fingerprint density at radius 1 is 1.38 bits per heavy atom. The van der Waals surface area contributed by atoms with Crippen LogP contribution in [0.25, 0.3) is 0 Å². The van der Waals surface area contributed by atoms with Gasteiger partial charge >= 0.3 is 5.97 Å². The van der Waals surface area contributed by atoms with Crippen LogP contribution in [0.4, 0.5) is 5.00 Å². The van der Waals surface area contributed by atoms with Crippen molar-refractivity contribution in [3.05, 3.63) is 51.4 Å². The number of carbonyl (C=O) groups is 2. The highest BCUT2D eigenvalue weighted by Gasteiger charge is 2.44. The van der Waals surface area contributed by atoms with Gasteiger partial charge < -0.3 is 10.1 Å². The summed E-state index contributed by atoms with van der Waals surface area (Å²) in [5.74, 6) is -0.278. The molecule has 0 aliphatic heterocycles. The Balaban J connectivity index is 1.66. The molecule has 1 aliphatic carbocycles. The van der Waals surface area contributed by atoms with E-state index < -0.39 is 0 Å². The third-order valence-corrected chi connectivity index (χ3v) is 5.53. The highest BCUT2D eigenvalue weighted by molar-refractivity contribution is 7.18. The summed E-state index contributed by atoms with van der Waals surface area (Å²) in [5, 5.41) is 4.28. The number of hydrogen-bond acceptors (Lipinski definition) is 4. The molecule has 0 radical (unpaired) electrons. The van der Waals surface area contributed by atoms with Crippen LogP contribution in [0.3, 0.4) is 0 Å². The van der Waals surface area contributed by atoms with E-state index >= 15 is 0 Å². The van der Waals surface area contributed by atoms with E-state index in [0.717, 1.165) is 17.5 Å². The average molecular weight is 364 g/mol. The number of hydrogen-bond donors (Lipinski definition) is 1. The van der Waals surface area contributed by atoms with Gasteiger partial charge in [0.2, 0.25) is 5.91 Å². The quantitative estimate of drug-likeness (QED) is 0.788. The number of esters is 1. The Morgan fingerprint density at radius 3 is 2.83 bits per heavy atom. The van der Waals surface area contributed by atoms with Crippen molar-refractivity contribution in [3.63, 3.8) is 0 Å². The van der Waals surface area contributed by atoms with Gasteiger partial charge in [0.1, 0.15) is 4.88 Å². The lowest BCUT2D eigenvalue weighted by Crippen LogP contribution is -2.13. The molecule has 1 aromatic carbocycles. The van der Waals surface area contributed by atoms with E-state index in [9.17, 15) is 9.59 Å². The van der Waals surface area contributed by atoms with Crippen molar-refractivity contribution >= 4 is 39.8 Å². The molecule has 0 saturated heterocycles. The standard InChI is InChI=1S/C18H18ClNO3S/c1-3-23-18(22)16-10(2)8-15(24-16)20-17(21)13-9-12(13)11-6-4-5-7-14(11)19/h4-8,12-13H,3,9H2,1-2H3,(H,20,21). The van der Waals surface area contributed by atoms with Gasteiger partial charge in [-0.2, -0.15) is 0 Å². The van der Waals surface area contributed by atoms with E-state index in [2.05, 4.69) is 5.32 Å². The lowest BCUT2D eigenvalue weighted by Gasteiger charge is -2.04. The van der Waals surface area contributed by atoms with Crippen LogP contribution in [0.2, 0.25) is 5.02 Å². The number of anilines is 1. The number of ether oxygens (including phenoxy) is 1. The molecule has 1 heterocycles. The van der Waals surface area contributed by atoms with Crippen LogP contribution in [0.5, 0.6) is 0 Å². The van der Waals surface area contributed by atoms with Gasteiger partial charge in [0.15, 0.2) is 0 Å². The molecule has 0 bridgehead atoms. The van der Waals surface area contributed by atoms with Crippen molar-refractivity contribution in [1.82, 2.24) is 0 Å². The van der Waals surface area contributed by atoms with E-state index in [0.29, 0.717) is 21.5 Å². The third kappa shape index (κ3) is 3.47. The first-order valence-electron chi connectivity index (χ1n) is 7.84. The summed E-state index contributed by atoms with van der Waals surface area (Å²) in [5.41, 5.74) is 1.83. The Labute approximate surface area is 149 Å². The molecule has 6 heteroatoms. The minimum Gasteiger partial charge on any atom is -0.462 e. The van der Waals surface area contributed by atoms with Crippen LogP contribution >= 0.6 is 22.9 Å². The van der Waals surface area contributed by atoms with Gasteiger partial charge in [-0.3, -0.25) is 4.79 Å². The molecule has 1 N–H and O–H groups in total. The highest BCUT2D eigenvalue weighted by atomic mass is 35.5. The molecule has 3 rings (SSSR count). The van der Waals surface area contributed by atoms with Crippen LogP contribution in [-0.4, -0.2) is 18.5 Å². The van der Waals surface area contributed by atoms with Gasteiger partial charge in [0.25, 0.3) is 0 Å². The number of nitrogens with one attached hydrogen (secondary N) is 1. The van der Waals surface area contributed by atoms with Crippen molar-refractivity contribution in [2.75, 3.05) is 11.9 Å². The molecular formula is C18H18ClNO3S. The normalized spacial score (nSPS) is 19.0. The summed E-state index contributed by atoms with van der Waals surface area (Å²) in [6.07, 6.45) is 0.796. The predicted octanol–water partition coefficient (Wildman–Crippen LogP) is 4.63. The first-order chi connectivity index (χ1) is 11.5. The van der Waals surface area contributed by atoms with Crippen LogP contribution in [0, 0.1) is 12.8 Å². The summed E-state index contributed by atoms with van der Waals surface area (Å²) in [4.78, 5) is 24.8. The van der Waals surface area contributed by atoms with Gasteiger partial charge in [-0.25, -0.2) is 4.79 Å². The molecule has 2 aromatic rings. The first kappa shape index (κ1) is 17.0. The molecule has 1 aliphatic rings. The van der Waals surface area contributed by atoms with Gasteiger partial charge in [-0.1, -0.05) is 29.8 Å². The Morgan fingerprint density at radius 2 is 2.12 bits per heavy atom. The van der Waals surface area contributed by atoms with E-state index in [-0.39, 0.29) is 23.7 Å². The lowest BCUT2D eigenvalue weighted by atomic mass is 10.1. The van der Waals surface area contributed by atoms with Crippen molar-refractivity contribution in [1.29, 1.82) is 0 Å². The zero-order valence-electron chi connectivity index (χ0n) is 13.5. The highest BCUT2D eigenvalue weighted by Crippen LogP contribution is 2.50. The SMILES string of the molecule is CCOC(=O)c1sc(NC(=O)C2CC2c2ccccc2Cl)cc1C. The van der Waals surface area contributed by atoms with Crippen molar-refractivity contribution in [2.45, 2.75) is 26.2 Å². The fourth-order valence-electron chi connectivity index (χ4n) is 2.76. The van der Waals surface area contributed by atoms with Crippen molar-refractivity contribution in [3.8, 4) is 0 Å². The van der Waals surface area contributed by atoms with Gasteiger partial charge in [-0.15, -0.1) is 11.3 Å². The molecule has 1 amide bonds. The number of halogens is 1. The van der Waals surface area contributed by atoms with Crippen molar-refractivity contribution in [2.24, 2.45) is 5.92 Å². The zero-order chi connectivity index (χ0) is 17.3. The fourth-order valence-corrected chi connectivity index (χ4v) is 4.01. The molecule has 126 valence electrons. The van der Waals surface area contributed by atoms with Crippen LogP contribution < -0.4 is 5.32 Å². The number of thiophene rings is 1. The minimum absolute atomic E-state index is 0.0309. The Hall–Kier alpha value is -1.85. The second-order valence-electron chi connectivity index (χ2n) is 5.80. The molecule has 2 atom stereocenters. The summed E-state index contributed by atoms with van der Waals surface area (Å²) < 4.78 is 5.02. The first-order valence-corrected chi connectivity index (χ1v) is 9.03. The minimum atomic E-state index is -0.346. The van der Waals surface area contributed by atoms with Crippen LogP contribution in [0.15, 0.2) is 30.3 Å². The molecule has 2 unspecified atom stereocenters. The second kappa shape index (κ2) is 6.95. The Kier molecular flexibility index (Phi) is 4.92. The summed E-state index contributed by atoms with van der Waals surface area (Å²) in [7, 11) is 0. The summed E-state index contributed by atoms with van der Waals surface area (Å²) in [6.45, 7) is 3.94. The maximum absolute atomic E-state index is 12.4. The average Bonchev–Trinajstić information content (AvgIpc) is 3.25. The maximum Gasteiger partial charge on any atom is 0.348 e. The molecule has 4 nitrogen and oxygen atoms in total. The molecule has 0 spiro atoms. The topological polar surface area (TPSA) is 55.4 Å². The number of carbonyl (C=O) groups excluding carboxylic acids is 2. The van der Waals surface area contributed by atoms with E-state index in [1.807, 2.05) is 37.3 Å². The number of aryl methyl sites for hydroxylation is 1. The summed E-state index contributed by atoms with van der Waals surface area (Å²) in [6, 6.07) is 9.44. The second-order valence-corrected chi connectivity index (χ2v) is 7.26.